The Kier molecular flexibility index (Phi) is 5.75. The van der Waals surface area contributed by atoms with Gasteiger partial charge in [-0.1, -0.05) is 35.1 Å². The van der Waals surface area contributed by atoms with E-state index in [4.69, 9.17) is 0 Å². The number of amides is 2. The SMILES string of the molecule is Cc1ccc(C(=O)Nc2nc3c(s2)c(C(=O)NCc2cccnc2)nn3C(C)(C)C)cc1. The van der Waals surface area contributed by atoms with Crippen LogP contribution in [-0.2, 0) is 12.1 Å². The van der Waals surface area contributed by atoms with E-state index < -0.39 is 5.54 Å². The molecule has 0 saturated heterocycles. The zero-order valence-corrected chi connectivity index (χ0v) is 19.2. The molecule has 0 radical (unpaired) electrons. The molecule has 8 nitrogen and oxygen atoms in total. The van der Waals surface area contributed by atoms with Crippen LogP contribution in [0.2, 0.25) is 0 Å². The summed E-state index contributed by atoms with van der Waals surface area (Å²) in [7, 11) is 0. The zero-order chi connectivity index (χ0) is 22.9. The molecular weight excluding hydrogens is 424 g/mol. The topological polar surface area (TPSA) is 102 Å². The summed E-state index contributed by atoms with van der Waals surface area (Å²) in [6.45, 7) is 8.27. The Morgan fingerprint density at radius 2 is 1.84 bits per heavy atom. The van der Waals surface area contributed by atoms with E-state index in [0.29, 0.717) is 27.6 Å². The van der Waals surface area contributed by atoms with E-state index in [1.54, 1.807) is 29.2 Å². The summed E-state index contributed by atoms with van der Waals surface area (Å²) in [6.07, 6.45) is 3.39. The molecular formula is C23H24N6O2S. The highest BCUT2D eigenvalue weighted by molar-refractivity contribution is 7.22. The third kappa shape index (κ3) is 4.52. The van der Waals surface area contributed by atoms with Gasteiger partial charge in [0, 0.05) is 24.5 Å². The summed E-state index contributed by atoms with van der Waals surface area (Å²) in [6, 6.07) is 11.0. The number of anilines is 1. The molecule has 3 aromatic heterocycles. The second kappa shape index (κ2) is 8.51. The predicted molar refractivity (Wildman–Crippen MR) is 125 cm³/mol. The first-order chi connectivity index (χ1) is 15.2. The van der Waals surface area contributed by atoms with Crippen molar-refractivity contribution in [2.24, 2.45) is 0 Å². The average Bonchev–Trinajstić information content (AvgIpc) is 3.31. The number of hydrogen-bond acceptors (Lipinski definition) is 6. The molecule has 0 aliphatic heterocycles. The van der Waals surface area contributed by atoms with Crippen molar-refractivity contribution in [1.29, 1.82) is 0 Å². The summed E-state index contributed by atoms with van der Waals surface area (Å²) in [5.74, 6) is -0.554. The minimum atomic E-state index is -0.396. The minimum absolute atomic E-state index is 0.251. The van der Waals surface area contributed by atoms with Gasteiger partial charge < -0.3 is 5.32 Å². The number of thiazole rings is 1. The van der Waals surface area contributed by atoms with E-state index in [2.05, 4.69) is 25.7 Å². The van der Waals surface area contributed by atoms with E-state index in [0.717, 1.165) is 11.1 Å². The lowest BCUT2D eigenvalue weighted by molar-refractivity contribution is 0.0945. The van der Waals surface area contributed by atoms with Crippen molar-refractivity contribution in [3.05, 3.63) is 71.2 Å². The standard InChI is InChI=1S/C23H24N6O2S/c1-14-7-9-16(10-8-14)20(30)27-22-26-19-18(32-22)17(28-29(19)23(2,3)4)21(31)25-13-15-6-5-11-24-12-15/h5-12H,13H2,1-4H3,(H,25,31)(H,26,27,30). The normalized spacial score (nSPS) is 11.5. The lowest BCUT2D eigenvalue weighted by Gasteiger charge is -2.19. The molecule has 0 atom stereocenters. The van der Waals surface area contributed by atoms with Gasteiger partial charge in [0.2, 0.25) is 0 Å². The first-order valence-electron chi connectivity index (χ1n) is 10.2. The van der Waals surface area contributed by atoms with E-state index in [-0.39, 0.29) is 17.5 Å². The molecule has 2 N–H and O–H groups in total. The molecule has 32 heavy (non-hydrogen) atoms. The fourth-order valence-electron chi connectivity index (χ4n) is 3.12. The monoisotopic (exact) mass is 448 g/mol. The zero-order valence-electron chi connectivity index (χ0n) is 18.3. The van der Waals surface area contributed by atoms with Gasteiger partial charge in [-0.25, -0.2) is 4.68 Å². The second-order valence-electron chi connectivity index (χ2n) is 8.47. The number of nitrogens with one attached hydrogen (secondary N) is 2. The third-order valence-corrected chi connectivity index (χ3v) is 5.75. The fraction of sp³-hybridized carbons (Fsp3) is 0.261. The summed E-state index contributed by atoms with van der Waals surface area (Å²) in [5, 5.41) is 10.7. The quantitative estimate of drug-likeness (QED) is 0.478. The van der Waals surface area contributed by atoms with Crippen LogP contribution >= 0.6 is 11.3 Å². The summed E-state index contributed by atoms with van der Waals surface area (Å²) in [4.78, 5) is 34.2. The fourth-order valence-corrected chi connectivity index (χ4v) is 4.04. The lowest BCUT2D eigenvalue weighted by atomic mass is 10.1. The lowest BCUT2D eigenvalue weighted by Crippen LogP contribution is -2.26. The molecule has 4 aromatic rings. The highest BCUT2D eigenvalue weighted by atomic mass is 32.1. The number of aryl methyl sites for hydroxylation is 1. The molecule has 0 saturated carbocycles. The summed E-state index contributed by atoms with van der Waals surface area (Å²) >= 11 is 1.24. The Hall–Kier alpha value is -3.59. The molecule has 4 rings (SSSR count). The summed E-state index contributed by atoms with van der Waals surface area (Å²) in [5.41, 5.74) is 2.96. The van der Waals surface area contributed by atoms with Crippen LogP contribution in [0, 0.1) is 6.92 Å². The van der Waals surface area contributed by atoms with Crippen molar-refractivity contribution >= 4 is 38.6 Å². The van der Waals surface area contributed by atoms with Crippen LogP contribution in [-0.4, -0.2) is 31.6 Å². The number of carbonyl (C=O) groups excluding carboxylic acids is 2. The molecule has 164 valence electrons. The van der Waals surface area contributed by atoms with Gasteiger partial charge in [-0.2, -0.15) is 10.1 Å². The number of fused-ring (bicyclic) bond motifs is 1. The van der Waals surface area contributed by atoms with Crippen LogP contribution in [0.4, 0.5) is 5.13 Å². The molecule has 0 spiro atoms. The smallest absolute Gasteiger partial charge is 0.273 e. The van der Waals surface area contributed by atoms with Gasteiger partial charge in [0.15, 0.2) is 16.5 Å². The van der Waals surface area contributed by atoms with Crippen molar-refractivity contribution in [3.8, 4) is 0 Å². The highest BCUT2D eigenvalue weighted by Gasteiger charge is 2.27. The Labute approximate surface area is 189 Å². The van der Waals surface area contributed by atoms with E-state index in [1.165, 1.54) is 11.3 Å². The van der Waals surface area contributed by atoms with Crippen molar-refractivity contribution in [3.63, 3.8) is 0 Å². The maximum absolute atomic E-state index is 12.9. The van der Waals surface area contributed by atoms with E-state index >= 15 is 0 Å². The van der Waals surface area contributed by atoms with Crippen LogP contribution in [0.15, 0.2) is 48.8 Å². The van der Waals surface area contributed by atoms with Crippen LogP contribution in [0.3, 0.4) is 0 Å². The molecule has 0 unspecified atom stereocenters. The van der Waals surface area contributed by atoms with Crippen molar-refractivity contribution < 1.29 is 9.59 Å². The molecule has 0 aliphatic rings. The highest BCUT2D eigenvalue weighted by Crippen LogP contribution is 2.32. The third-order valence-electron chi connectivity index (χ3n) is 4.79. The van der Waals surface area contributed by atoms with Crippen LogP contribution in [0.5, 0.6) is 0 Å². The number of carbonyl (C=O) groups is 2. The average molecular weight is 449 g/mol. The minimum Gasteiger partial charge on any atom is -0.346 e. The van der Waals surface area contributed by atoms with E-state index in [1.807, 2.05) is 52.0 Å². The van der Waals surface area contributed by atoms with Gasteiger partial charge >= 0.3 is 0 Å². The number of nitrogens with zero attached hydrogens (tertiary/aromatic N) is 4. The Morgan fingerprint density at radius 1 is 1.09 bits per heavy atom. The number of pyridine rings is 1. The molecule has 0 aliphatic carbocycles. The van der Waals surface area contributed by atoms with Crippen molar-refractivity contribution in [2.75, 3.05) is 5.32 Å². The van der Waals surface area contributed by atoms with Crippen LogP contribution < -0.4 is 10.6 Å². The molecule has 1 aromatic carbocycles. The number of rotatable bonds is 5. The van der Waals surface area contributed by atoms with Crippen LogP contribution in [0.25, 0.3) is 10.3 Å². The predicted octanol–water partition coefficient (Wildman–Crippen LogP) is 4.13. The molecule has 0 bridgehead atoms. The Bertz CT molecular complexity index is 1270. The van der Waals surface area contributed by atoms with Gasteiger partial charge in [0.25, 0.3) is 11.8 Å². The largest absolute Gasteiger partial charge is 0.346 e. The van der Waals surface area contributed by atoms with Gasteiger partial charge in [-0.3, -0.25) is 19.9 Å². The first kappa shape index (κ1) is 21.6. The second-order valence-corrected chi connectivity index (χ2v) is 9.47. The maximum atomic E-state index is 12.9. The number of aromatic nitrogens is 4. The van der Waals surface area contributed by atoms with Crippen molar-refractivity contribution in [1.82, 2.24) is 25.1 Å². The molecule has 3 heterocycles. The number of benzene rings is 1. The number of hydrogen-bond donors (Lipinski definition) is 2. The van der Waals surface area contributed by atoms with Gasteiger partial charge in [0.05, 0.1) is 5.54 Å². The first-order valence-corrected chi connectivity index (χ1v) is 11.0. The molecule has 2 amide bonds. The van der Waals surface area contributed by atoms with Gasteiger partial charge in [-0.15, -0.1) is 0 Å². The van der Waals surface area contributed by atoms with Gasteiger partial charge in [0.1, 0.15) is 4.70 Å². The molecule has 0 fully saturated rings. The van der Waals surface area contributed by atoms with Crippen LogP contribution in [0.1, 0.15) is 52.7 Å². The Balaban J connectivity index is 1.63. The maximum Gasteiger partial charge on any atom is 0.273 e. The van der Waals surface area contributed by atoms with Crippen molar-refractivity contribution in [2.45, 2.75) is 39.8 Å². The summed E-state index contributed by atoms with van der Waals surface area (Å²) < 4.78 is 2.35. The van der Waals surface area contributed by atoms with E-state index in [9.17, 15) is 9.59 Å². The molecule has 9 heteroatoms. The Morgan fingerprint density at radius 3 is 2.50 bits per heavy atom. The van der Waals surface area contributed by atoms with Gasteiger partial charge in [-0.05, 0) is 51.5 Å².